The molecule has 0 radical (unpaired) electrons. The molecule has 9 aromatic rings. The van der Waals surface area contributed by atoms with E-state index in [1.54, 1.807) is 5.38 Å². The van der Waals surface area contributed by atoms with E-state index in [4.69, 9.17) is 0 Å². The van der Waals surface area contributed by atoms with Crippen LogP contribution in [0.25, 0.3) is 56.0 Å². The minimum atomic E-state index is -1.34. The molecule has 432 valence electrons. The van der Waals surface area contributed by atoms with Gasteiger partial charge in [-0.05, 0) is 138 Å². The molecular weight excluding hydrogens is 1100 g/mol. The van der Waals surface area contributed by atoms with Crippen molar-refractivity contribution in [1.82, 2.24) is 43.9 Å². The number of halogens is 6. The average Bonchev–Trinajstić information content (AvgIpc) is 4.19. The summed E-state index contributed by atoms with van der Waals surface area (Å²) in [6.45, 7) is 17.3. The number of carboxylic acid groups (broad SMARTS) is 1. The molecule has 5 aromatic heterocycles. The second kappa shape index (κ2) is 26.8. The predicted molar refractivity (Wildman–Crippen MR) is 309 cm³/mol. The number of nitrogens with zero attached hydrogens (tertiary/aromatic N) is 9. The third-order valence-corrected chi connectivity index (χ3v) is 14.5. The highest BCUT2D eigenvalue weighted by molar-refractivity contribution is 7.13. The van der Waals surface area contributed by atoms with E-state index in [-0.39, 0.29) is 78.7 Å². The maximum Gasteiger partial charge on any atom is 0.335 e. The first-order chi connectivity index (χ1) is 39.9. The Morgan fingerprint density at radius 1 is 0.578 bits per heavy atom. The number of hydrogen-bond donors (Lipinski definition) is 4. The van der Waals surface area contributed by atoms with Crippen LogP contribution in [0.4, 0.5) is 43.4 Å². The lowest BCUT2D eigenvalue weighted by Gasteiger charge is -2.18. The minimum absolute atomic E-state index is 0.00673. The van der Waals surface area contributed by atoms with Gasteiger partial charge in [0.1, 0.15) is 46.3 Å². The van der Waals surface area contributed by atoms with Gasteiger partial charge in [0.15, 0.2) is 16.4 Å². The number of rotatable bonds is 21. The Bertz CT molecular complexity index is 3950. The fourth-order valence-electron chi connectivity index (χ4n) is 9.28. The van der Waals surface area contributed by atoms with Gasteiger partial charge in [-0.25, -0.2) is 46.1 Å². The number of thiazole rings is 1. The lowest BCUT2D eigenvalue weighted by molar-refractivity contribution is 0.0696. The van der Waals surface area contributed by atoms with Gasteiger partial charge in [0.2, 0.25) is 11.9 Å². The molecule has 0 atom stereocenters. The number of carbonyl (C=O) groups excluding carboxylic acids is 1. The van der Waals surface area contributed by atoms with Crippen LogP contribution in [0.2, 0.25) is 0 Å². The summed E-state index contributed by atoms with van der Waals surface area (Å²) in [6.07, 6.45) is 3.00. The molecule has 0 spiro atoms. The normalized spacial score (nSPS) is 11.3. The monoisotopic (exact) mass is 1160 g/mol. The number of hydrogen-bond acceptors (Lipinski definition) is 14. The van der Waals surface area contributed by atoms with E-state index < -0.39 is 69.3 Å². The Morgan fingerprint density at radius 3 is 1.40 bits per heavy atom. The zero-order valence-electron chi connectivity index (χ0n) is 46.1. The van der Waals surface area contributed by atoms with E-state index in [0.29, 0.717) is 18.2 Å². The van der Waals surface area contributed by atoms with Crippen LogP contribution in [0.3, 0.4) is 0 Å². The molecule has 1 amide bonds. The summed E-state index contributed by atoms with van der Waals surface area (Å²) in [5, 5.41) is 20.8. The lowest BCUT2D eigenvalue weighted by atomic mass is 9.99. The van der Waals surface area contributed by atoms with Gasteiger partial charge >= 0.3 is 5.97 Å². The lowest BCUT2D eigenvalue weighted by Crippen LogP contribution is -2.25. The quantitative estimate of drug-likeness (QED) is 0.0390. The summed E-state index contributed by atoms with van der Waals surface area (Å²) < 4.78 is 91.5. The largest absolute Gasteiger partial charge is 0.478 e. The van der Waals surface area contributed by atoms with Crippen molar-refractivity contribution in [2.45, 2.75) is 54.4 Å². The van der Waals surface area contributed by atoms with Gasteiger partial charge in [-0.1, -0.05) is 39.8 Å². The Balaban J connectivity index is 0.000000219. The number of carboxylic acids is 1. The van der Waals surface area contributed by atoms with E-state index in [1.807, 2.05) is 0 Å². The highest BCUT2D eigenvalue weighted by Gasteiger charge is 2.25. The van der Waals surface area contributed by atoms with Crippen molar-refractivity contribution < 1.29 is 41.0 Å². The van der Waals surface area contributed by atoms with Gasteiger partial charge in [-0.2, -0.15) is 9.97 Å². The number of aromatic carboxylic acids is 1. The molecule has 0 saturated carbocycles. The standard InChI is InChI=1S/C31H30F3N7O2S.C28H28F3N5O3/c1-4-40(5-2)14-7-12-35-30-37-26(21-16-19(17-24(34)18(21)3)29(43)39-31-36-13-15-44-31)20-10-11-25(42)41(28(20)38-30)27-22(32)8-6-9-23(27)33;1-4-35(5-2)13-7-12-32-28-33-24(19-14-17(27(38)39)15-22(31)16(19)3)18-10-11-23(37)36(26(18)34-28)25-20(29)8-6-9-21(25)30/h6,8-11,13,15-17H,4-5,7,12,14H2,1-3H3,(H,35,37,38)(H,36,39,43);6,8-11,14-15H,4-5,7,12-13H2,1-3H3,(H,38,39)(H,32,33,34). The van der Waals surface area contributed by atoms with E-state index in [9.17, 15) is 37.5 Å². The summed E-state index contributed by atoms with van der Waals surface area (Å²) in [5.41, 5.74) is -2.23. The summed E-state index contributed by atoms with van der Waals surface area (Å²) in [5.74, 6) is -7.13. The highest BCUT2D eigenvalue weighted by atomic mass is 32.1. The predicted octanol–water partition coefficient (Wildman–Crippen LogP) is 11.0. The maximum atomic E-state index is 15.4. The third kappa shape index (κ3) is 13.4. The summed E-state index contributed by atoms with van der Waals surface area (Å²) in [7, 11) is 0. The number of nitrogens with one attached hydrogen (secondary N) is 3. The minimum Gasteiger partial charge on any atom is -0.478 e. The molecule has 83 heavy (non-hydrogen) atoms. The number of carbonyl (C=O) groups is 2. The number of aromatic nitrogens is 7. The fourth-order valence-corrected chi connectivity index (χ4v) is 9.80. The van der Waals surface area contributed by atoms with Crippen molar-refractivity contribution in [2.75, 3.05) is 68.3 Å². The number of para-hydroxylation sites is 2. The molecule has 0 unspecified atom stereocenters. The van der Waals surface area contributed by atoms with Gasteiger partial charge in [0.25, 0.3) is 17.0 Å². The van der Waals surface area contributed by atoms with Gasteiger partial charge in [-0.15, -0.1) is 11.3 Å². The van der Waals surface area contributed by atoms with E-state index in [1.165, 1.54) is 67.8 Å². The zero-order valence-corrected chi connectivity index (χ0v) is 46.9. The first kappa shape index (κ1) is 60.2. The fraction of sp³-hybridized carbons (Fsp3) is 0.271. The van der Waals surface area contributed by atoms with Crippen LogP contribution in [-0.2, 0) is 0 Å². The zero-order chi connectivity index (χ0) is 59.6. The van der Waals surface area contributed by atoms with Gasteiger partial charge in [-0.3, -0.25) is 28.8 Å². The van der Waals surface area contributed by atoms with Gasteiger partial charge in [0, 0.05) is 64.3 Å². The molecule has 0 aliphatic rings. The topological polar surface area (TPSA) is 205 Å². The first-order valence-corrected chi connectivity index (χ1v) is 27.5. The molecule has 0 aliphatic heterocycles. The molecule has 5 heterocycles. The molecule has 17 nitrogen and oxygen atoms in total. The van der Waals surface area contributed by atoms with E-state index in [0.717, 1.165) is 110 Å². The van der Waals surface area contributed by atoms with Crippen molar-refractivity contribution in [3.8, 4) is 33.9 Å². The number of anilines is 3. The molecule has 9 rings (SSSR count). The van der Waals surface area contributed by atoms with E-state index in [2.05, 4.69) is 78.4 Å². The Morgan fingerprint density at radius 2 is 1.00 bits per heavy atom. The van der Waals surface area contributed by atoms with Gasteiger partial charge < -0.3 is 25.5 Å². The smallest absolute Gasteiger partial charge is 0.335 e. The Hall–Kier alpha value is -8.87. The number of pyridine rings is 2. The molecule has 24 heteroatoms. The van der Waals surface area contributed by atoms with Crippen LogP contribution in [0.1, 0.15) is 72.4 Å². The number of benzene rings is 4. The number of amides is 1. The molecule has 4 N–H and O–H groups in total. The van der Waals surface area contributed by atoms with Crippen LogP contribution in [0.5, 0.6) is 0 Å². The maximum absolute atomic E-state index is 15.4. The first-order valence-electron chi connectivity index (χ1n) is 26.6. The molecular formula is C59H58F6N12O5S. The summed E-state index contributed by atoms with van der Waals surface area (Å²) in [6, 6.07) is 16.3. The SMILES string of the molecule is CCN(CC)CCCNc1nc(-c2cc(C(=O)Nc3nccs3)cc(F)c2C)c2ccc(=O)n(-c3c(F)cccc3F)c2n1.CCN(CC)CCCNc1nc(-c2cc(C(=O)O)cc(F)c2C)c2ccc(=O)n(-c3c(F)cccc3F)c2n1. The van der Waals surface area contributed by atoms with Crippen molar-refractivity contribution in [2.24, 2.45) is 0 Å². The van der Waals surface area contributed by atoms with Crippen molar-refractivity contribution >= 4 is 62.3 Å². The summed E-state index contributed by atoms with van der Waals surface area (Å²) >= 11 is 1.21. The van der Waals surface area contributed by atoms with Crippen LogP contribution in [0.15, 0.2) is 106 Å². The second-order valence-corrected chi connectivity index (χ2v) is 19.8. The highest BCUT2D eigenvalue weighted by Crippen LogP contribution is 2.35. The molecule has 0 aliphatic carbocycles. The van der Waals surface area contributed by atoms with E-state index >= 15 is 13.2 Å². The van der Waals surface area contributed by atoms with Crippen molar-refractivity contribution in [3.63, 3.8) is 0 Å². The van der Waals surface area contributed by atoms with Crippen molar-refractivity contribution in [1.29, 1.82) is 0 Å². The molecule has 4 aromatic carbocycles. The van der Waals surface area contributed by atoms with Crippen LogP contribution in [-0.4, -0.2) is 113 Å². The number of fused-ring (bicyclic) bond motifs is 2. The second-order valence-electron chi connectivity index (χ2n) is 18.9. The molecule has 0 saturated heterocycles. The average molecular weight is 1160 g/mol. The van der Waals surface area contributed by atoms with Crippen LogP contribution in [0, 0.1) is 48.8 Å². The van der Waals surface area contributed by atoms with Crippen LogP contribution >= 0.6 is 11.3 Å². The molecule has 0 bridgehead atoms. The van der Waals surface area contributed by atoms with Crippen molar-refractivity contribution in [3.05, 3.63) is 174 Å². The Labute approximate surface area is 476 Å². The summed E-state index contributed by atoms with van der Waals surface area (Å²) in [4.78, 5) is 77.5. The Kier molecular flexibility index (Phi) is 19.5. The molecule has 0 fully saturated rings. The van der Waals surface area contributed by atoms with Gasteiger partial charge in [0.05, 0.1) is 17.0 Å². The third-order valence-electron chi connectivity index (χ3n) is 13.8. The van der Waals surface area contributed by atoms with Crippen LogP contribution < -0.4 is 27.1 Å².